The molecule has 4 aromatic rings. The summed E-state index contributed by atoms with van der Waals surface area (Å²) in [4.78, 5) is 20.4. The number of nitrogens with zero attached hydrogens (tertiary/aromatic N) is 6. The van der Waals surface area contributed by atoms with Crippen LogP contribution in [0.5, 0.6) is 0 Å². The number of rotatable bonds is 5. The number of aromatic nitrogens is 4. The van der Waals surface area contributed by atoms with Crippen LogP contribution < -0.4 is 5.56 Å². The van der Waals surface area contributed by atoms with E-state index in [1.807, 2.05) is 30.3 Å². The molecule has 0 radical (unpaired) electrons. The summed E-state index contributed by atoms with van der Waals surface area (Å²) in [5, 5.41) is 10.6. The molecule has 0 fully saturated rings. The van der Waals surface area contributed by atoms with Gasteiger partial charge in [-0.1, -0.05) is 30.0 Å². The zero-order valence-electron chi connectivity index (χ0n) is 17.3. The Morgan fingerprint density at radius 3 is 2.77 bits per heavy atom. The van der Waals surface area contributed by atoms with E-state index in [9.17, 15) is 4.79 Å². The van der Waals surface area contributed by atoms with Crippen molar-refractivity contribution in [3.63, 3.8) is 0 Å². The van der Waals surface area contributed by atoms with Crippen molar-refractivity contribution in [1.29, 1.82) is 0 Å². The van der Waals surface area contributed by atoms with Crippen molar-refractivity contribution in [2.75, 3.05) is 40.0 Å². The highest BCUT2D eigenvalue weighted by Crippen LogP contribution is 2.35. The van der Waals surface area contributed by atoms with Crippen LogP contribution in [0.15, 0.2) is 40.3 Å². The molecule has 0 saturated heterocycles. The van der Waals surface area contributed by atoms with E-state index in [1.165, 1.54) is 10.4 Å². The summed E-state index contributed by atoms with van der Waals surface area (Å²) < 4.78 is 3.81. The van der Waals surface area contributed by atoms with Crippen LogP contribution in [0, 0.1) is 0 Å². The predicted octanol–water partition coefficient (Wildman–Crippen LogP) is 2.74. The van der Waals surface area contributed by atoms with Gasteiger partial charge in [0.1, 0.15) is 4.83 Å². The lowest BCUT2D eigenvalue weighted by Gasteiger charge is -2.21. The average molecular weight is 441 g/mol. The van der Waals surface area contributed by atoms with E-state index >= 15 is 0 Å². The molecule has 3 aromatic heterocycles. The van der Waals surface area contributed by atoms with Crippen molar-refractivity contribution >= 4 is 39.1 Å². The standard InChI is InChI=1S/C21H24N6OS2/c1-24(2)11-12-29-21-23-22-20-26(14-7-5-4-6-8-14)18(28)17-15-9-10-25(3)13-16(15)30-19(17)27(20)21/h4-8H,9-13H2,1-3H3. The smallest absolute Gasteiger partial charge is 0.268 e. The number of hydrogen-bond acceptors (Lipinski definition) is 7. The number of thioether (sulfide) groups is 1. The Morgan fingerprint density at radius 2 is 2.00 bits per heavy atom. The molecule has 0 amide bonds. The van der Waals surface area contributed by atoms with Crippen molar-refractivity contribution in [2.45, 2.75) is 18.1 Å². The summed E-state index contributed by atoms with van der Waals surface area (Å²) in [6.45, 7) is 2.80. The molecule has 0 unspecified atom stereocenters. The molecular weight excluding hydrogens is 416 g/mol. The van der Waals surface area contributed by atoms with Gasteiger partial charge in [-0.25, -0.2) is 8.97 Å². The van der Waals surface area contributed by atoms with E-state index in [1.54, 1.807) is 27.7 Å². The summed E-state index contributed by atoms with van der Waals surface area (Å²) in [6, 6.07) is 9.76. The molecule has 4 heterocycles. The second-order valence-corrected chi connectivity index (χ2v) is 10.1. The zero-order chi connectivity index (χ0) is 20.8. The maximum Gasteiger partial charge on any atom is 0.268 e. The lowest BCUT2D eigenvalue weighted by Crippen LogP contribution is -2.27. The van der Waals surface area contributed by atoms with Gasteiger partial charge in [0.05, 0.1) is 11.1 Å². The number of likely N-dealkylation sites (N-methyl/N-ethyl adjacent to an activating group) is 1. The van der Waals surface area contributed by atoms with Gasteiger partial charge in [-0.3, -0.25) is 4.79 Å². The van der Waals surface area contributed by atoms with E-state index in [0.29, 0.717) is 5.78 Å². The van der Waals surface area contributed by atoms with Crippen molar-refractivity contribution in [3.05, 3.63) is 51.1 Å². The summed E-state index contributed by atoms with van der Waals surface area (Å²) >= 11 is 3.40. The third-order valence-corrected chi connectivity index (χ3v) is 7.56. The first kappa shape index (κ1) is 19.7. The van der Waals surface area contributed by atoms with Crippen LogP contribution >= 0.6 is 23.1 Å². The maximum atomic E-state index is 13.7. The number of para-hydroxylation sites is 1. The van der Waals surface area contributed by atoms with E-state index in [2.05, 4.69) is 45.5 Å². The van der Waals surface area contributed by atoms with E-state index in [-0.39, 0.29) is 5.56 Å². The summed E-state index contributed by atoms with van der Waals surface area (Å²) in [5.41, 5.74) is 2.02. The van der Waals surface area contributed by atoms with Gasteiger partial charge in [0, 0.05) is 30.3 Å². The summed E-state index contributed by atoms with van der Waals surface area (Å²) in [7, 11) is 6.27. The monoisotopic (exact) mass is 440 g/mol. The van der Waals surface area contributed by atoms with Gasteiger partial charge >= 0.3 is 0 Å². The van der Waals surface area contributed by atoms with E-state index in [4.69, 9.17) is 0 Å². The lowest BCUT2D eigenvalue weighted by atomic mass is 10.1. The minimum atomic E-state index is 0.00277. The van der Waals surface area contributed by atoms with Crippen molar-refractivity contribution in [2.24, 2.45) is 0 Å². The van der Waals surface area contributed by atoms with Crippen LogP contribution in [0.2, 0.25) is 0 Å². The fraction of sp³-hybridized carbons (Fsp3) is 0.381. The molecule has 1 aromatic carbocycles. The Hall–Kier alpha value is -2.20. The normalized spacial score (nSPS) is 14.8. The van der Waals surface area contributed by atoms with E-state index < -0.39 is 0 Å². The van der Waals surface area contributed by atoms with Gasteiger partial charge in [-0.2, -0.15) is 0 Å². The van der Waals surface area contributed by atoms with Crippen LogP contribution in [-0.4, -0.2) is 69.0 Å². The Bertz CT molecular complexity index is 1270. The van der Waals surface area contributed by atoms with Crippen molar-refractivity contribution < 1.29 is 0 Å². The van der Waals surface area contributed by atoms with Crippen molar-refractivity contribution in [3.8, 4) is 5.69 Å². The van der Waals surface area contributed by atoms with Crippen LogP contribution in [0.25, 0.3) is 21.7 Å². The third-order valence-electron chi connectivity index (χ3n) is 5.45. The third kappa shape index (κ3) is 3.26. The highest BCUT2D eigenvalue weighted by molar-refractivity contribution is 7.99. The van der Waals surface area contributed by atoms with E-state index in [0.717, 1.165) is 52.9 Å². The molecule has 30 heavy (non-hydrogen) atoms. The molecule has 7 nitrogen and oxygen atoms in total. The first-order chi connectivity index (χ1) is 14.5. The van der Waals surface area contributed by atoms with Gasteiger partial charge in [-0.05, 0) is 45.3 Å². The van der Waals surface area contributed by atoms with Gasteiger partial charge in [-0.15, -0.1) is 21.5 Å². The number of thiophene rings is 1. The number of fused-ring (bicyclic) bond motifs is 5. The zero-order valence-corrected chi connectivity index (χ0v) is 19.0. The quantitative estimate of drug-likeness (QED) is 0.445. The summed E-state index contributed by atoms with van der Waals surface area (Å²) in [6.07, 6.45) is 0.895. The van der Waals surface area contributed by atoms with Crippen LogP contribution in [0.3, 0.4) is 0 Å². The fourth-order valence-electron chi connectivity index (χ4n) is 3.91. The molecule has 0 spiro atoms. The van der Waals surface area contributed by atoms with Gasteiger partial charge < -0.3 is 9.80 Å². The SMILES string of the molecule is CN(C)CCSc1nnc2n(-c3ccccc3)c(=O)c3c4c(sc3n12)CN(C)CC4. The molecule has 0 saturated carbocycles. The second-order valence-electron chi connectivity index (χ2n) is 7.92. The first-order valence-corrected chi connectivity index (χ1v) is 11.8. The predicted molar refractivity (Wildman–Crippen MR) is 123 cm³/mol. The lowest BCUT2D eigenvalue weighted by molar-refractivity contribution is 0.318. The Balaban J connectivity index is 1.80. The Kier molecular flexibility index (Phi) is 5.14. The van der Waals surface area contributed by atoms with Gasteiger partial charge in [0.2, 0.25) is 5.78 Å². The summed E-state index contributed by atoms with van der Waals surface area (Å²) in [5.74, 6) is 1.49. The van der Waals surface area contributed by atoms with Gasteiger partial charge in [0.25, 0.3) is 5.56 Å². The van der Waals surface area contributed by atoms with Crippen molar-refractivity contribution in [1.82, 2.24) is 29.0 Å². The molecule has 0 N–H and O–H groups in total. The average Bonchev–Trinajstić information content (AvgIpc) is 3.30. The minimum absolute atomic E-state index is 0.00277. The number of hydrogen-bond donors (Lipinski definition) is 0. The largest absolute Gasteiger partial charge is 0.309 e. The Labute approximate surface area is 182 Å². The molecule has 9 heteroatoms. The fourth-order valence-corrected chi connectivity index (χ4v) is 6.42. The molecule has 0 atom stereocenters. The molecule has 1 aliphatic rings. The first-order valence-electron chi connectivity index (χ1n) is 10.0. The second kappa shape index (κ2) is 7.81. The topological polar surface area (TPSA) is 58.7 Å². The molecule has 0 bridgehead atoms. The Morgan fingerprint density at radius 1 is 1.20 bits per heavy atom. The molecule has 1 aliphatic heterocycles. The van der Waals surface area contributed by atoms with Crippen LogP contribution in [-0.2, 0) is 13.0 Å². The molecule has 156 valence electrons. The molecule has 5 rings (SSSR count). The highest BCUT2D eigenvalue weighted by atomic mass is 32.2. The molecule has 0 aliphatic carbocycles. The van der Waals surface area contributed by atoms with Crippen LogP contribution in [0.4, 0.5) is 0 Å². The highest BCUT2D eigenvalue weighted by Gasteiger charge is 2.26. The minimum Gasteiger partial charge on any atom is -0.309 e. The van der Waals surface area contributed by atoms with Crippen LogP contribution in [0.1, 0.15) is 10.4 Å². The maximum absolute atomic E-state index is 13.7. The number of benzene rings is 1. The molecular formula is C21H24N6OS2. The van der Waals surface area contributed by atoms with Gasteiger partial charge in [0.15, 0.2) is 5.16 Å².